The Morgan fingerprint density at radius 3 is 2.17 bits per heavy atom. The summed E-state index contributed by atoms with van der Waals surface area (Å²) in [6.45, 7) is 2.41. The van der Waals surface area contributed by atoms with Gasteiger partial charge in [-0.2, -0.15) is 0 Å². The SMILES string of the molecule is COc1ccc(N2CCN(C3CC(=O)N(c4ccc(C(=O)OCC(=O)c5ccc6c(c5)Cc5ccccc5-6)cc4)C3=O)CC2)cc1. The molecule has 7 rings (SSSR count). The largest absolute Gasteiger partial charge is 0.497 e. The van der Waals surface area contributed by atoms with E-state index in [0.29, 0.717) is 24.3 Å². The molecule has 1 unspecified atom stereocenters. The quantitative estimate of drug-likeness (QED) is 0.140. The van der Waals surface area contributed by atoms with E-state index in [9.17, 15) is 19.2 Å². The molecule has 9 nitrogen and oxygen atoms in total. The maximum atomic E-state index is 13.4. The van der Waals surface area contributed by atoms with Crippen LogP contribution in [0.3, 0.4) is 0 Å². The van der Waals surface area contributed by atoms with Crippen LogP contribution in [0.25, 0.3) is 11.1 Å². The predicted molar refractivity (Wildman–Crippen MR) is 173 cm³/mol. The number of fused-ring (bicyclic) bond motifs is 3. The maximum Gasteiger partial charge on any atom is 0.338 e. The van der Waals surface area contributed by atoms with Crippen molar-refractivity contribution in [3.8, 4) is 16.9 Å². The van der Waals surface area contributed by atoms with Crippen LogP contribution in [0.5, 0.6) is 5.75 Å². The fraction of sp³-hybridized carbons (Fsp3) is 0.243. The van der Waals surface area contributed by atoms with Crippen molar-refractivity contribution in [3.63, 3.8) is 0 Å². The lowest BCUT2D eigenvalue weighted by Crippen LogP contribution is -2.52. The van der Waals surface area contributed by atoms with Crippen LogP contribution < -0.4 is 14.5 Å². The minimum Gasteiger partial charge on any atom is -0.497 e. The summed E-state index contributed by atoms with van der Waals surface area (Å²) < 4.78 is 10.6. The number of hydrogen-bond acceptors (Lipinski definition) is 8. The lowest BCUT2D eigenvalue weighted by molar-refractivity contribution is -0.123. The van der Waals surface area contributed by atoms with Crippen molar-refractivity contribution < 1.29 is 28.7 Å². The van der Waals surface area contributed by atoms with Crippen molar-refractivity contribution in [1.82, 2.24) is 4.90 Å². The first-order chi connectivity index (χ1) is 22.4. The molecule has 2 fully saturated rings. The number of Topliss-reactive ketones (excluding diaryl/α,β-unsaturated/α-hetero) is 1. The number of benzene rings is 4. The second-order valence-corrected chi connectivity index (χ2v) is 11.8. The molecule has 46 heavy (non-hydrogen) atoms. The van der Waals surface area contributed by atoms with Crippen molar-refractivity contribution in [3.05, 3.63) is 113 Å². The van der Waals surface area contributed by atoms with Gasteiger partial charge in [0.2, 0.25) is 5.91 Å². The van der Waals surface area contributed by atoms with Crippen LogP contribution >= 0.6 is 0 Å². The summed E-state index contributed by atoms with van der Waals surface area (Å²) in [5, 5.41) is 0. The van der Waals surface area contributed by atoms with Crippen LogP contribution in [-0.2, 0) is 20.7 Å². The number of ether oxygens (including phenoxy) is 2. The minimum absolute atomic E-state index is 0.113. The number of carbonyl (C=O) groups is 4. The van der Waals surface area contributed by atoms with Crippen LogP contribution in [0.1, 0.15) is 38.3 Å². The zero-order chi connectivity index (χ0) is 31.8. The lowest BCUT2D eigenvalue weighted by Gasteiger charge is -2.38. The number of esters is 1. The third-order valence-corrected chi connectivity index (χ3v) is 9.13. The Hall–Kier alpha value is -5.28. The van der Waals surface area contributed by atoms with Gasteiger partial charge in [0.05, 0.1) is 30.8 Å². The van der Waals surface area contributed by atoms with Crippen molar-refractivity contribution in [1.29, 1.82) is 0 Å². The number of piperazine rings is 1. The summed E-state index contributed by atoms with van der Waals surface area (Å²) >= 11 is 0. The molecule has 1 atom stereocenters. The molecule has 0 saturated carbocycles. The molecular formula is C37H33N3O6. The van der Waals surface area contributed by atoms with Gasteiger partial charge in [0, 0.05) is 37.4 Å². The zero-order valence-corrected chi connectivity index (χ0v) is 25.5. The van der Waals surface area contributed by atoms with E-state index in [1.54, 1.807) is 25.3 Å². The summed E-state index contributed by atoms with van der Waals surface area (Å²) in [6, 6.07) is 27.3. The highest BCUT2D eigenvalue weighted by molar-refractivity contribution is 6.22. The number of anilines is 2. The number of nitrogens with zero attached hydrogens (tertiary/aromatic N) is 3. The first-order valence-corrected chi connectivity index (χ1v) is 15.4. The molecule has 4 aromatic rings. The molecule has 4 aromatic carbocycles. The smallest absolute Gasteiger partial charge is 0.338 e. The molecule has 3 aliphatic rings. The molecule has 2 heterocycles. The van der Waals surface area contributed by atoms with Gasteiger partial charge in [-0.25, -0.2) is 9.69 Å². The van der Waals surface area contributed by atoms with Gasteiger partial charge < -0.3 is 14.4 Å². The molecule has 0 aromatic heterocycles. The molecule has 0 bridgehead atoms. The van der Waals surface area contributed by atoms with E-state index in [1.807, 2.05) is 48.5 Å². The van der Waals surface area contributed by atoms with Gasteiger partial charge in [0.15, 0.2) is 12.4 Å². The minimum atomic E-state index is -0.653. The van der Waals surface area contributed by atoms with Gasteiger partial charge in [-0.3, -0.25) is 19.3 Å². The fourth-order valence-corrected chi connectivity index (χ4v) is 6.62. The first-order valence-electron chi connectivity index (χ1n) is 15.4. The van der Waals surface area contributed by atoms with Crippen molar-refractivity contribution >= 4 is 34.9 Å². The van der Waals surface area contributed by atoms with E-state index in [0.717, 1.165) is 42.1 Å². The average molecular weight is 616 g/mol. The summed E-state index contributed by atoms with van der Waals surface area (Å²) in [4.78, 5) is 57.5. The fourth-order valence-electron chi connectivity index (χ4n) is 6.62. The van der Waals surface area contributed by atoms with E-state index in [2.05, 4.69) is 21.9 Å². The molecule has 2 saturated heterocycles. The Morgan fingerprint density at radius 1 is 0.761 bits per heavy atom. The third kappa shape index (κ3) is 5.54. The number of ketones is 1. The summed E-state index contributed by atoms with van der Waals surface area (Å²) in [5.74, 6) is -0.671. The highest BCUT2D eigenvalue weighted by Gasteiger charge is 2.43. The molecule has 0 N–H and O–H groups in total. The Balaban J connectivity index is 0.933. The molecule has 0 spiro atoms. The van der Waals surface area contributed by atoms with Gasteiger partial charge >= 0.3 is 5.97 Å². The van der Waals surface area contributed by atoms with Crippen LogP contribution in [0, 0.1) is 0 Å². The monoisotopic (exact) mass is 615 g/mol. The van der Waals surface area contributed by atoms with Crippen molar-refractivity contribution in [2.24, 2.45) is 0 Å². The van der Waals surface area contributed by atoms with Crippen LogP contribution in [0.15, 0.2) is 91.0 Å². The van der Waals surface area contributed by atoms with Gasteiger partial charge in [0.1, 0.15) is 5.75 Å². The molecule has 2 amide bonds. The molecule has 0 radical (unpaired) electrons. The van der Waals surface area contributed by atoms with E-state index in [1.165, 1.54) is 28.2 Å². The number of amides is 2. The predicted octanol–water partition coefficient (Wildman–Crippen LogP) is 4.76. The Morgan fingerprint density at radius 2 is 1.43 bits per heavy atom. The number of rotatable bonds is 8. The number of carbonyl (C=O) groups excluding carboxylic acids is 4. The Labute approximate surface area is 266 Å². The van der Waals surface area contributed by atoms with Gasteiger partial charge in [-0.05, 0) is 83.3 Å². The second kappa shape index (κ2) is 12.3. The summed E-state index contributed by atoms with van der Waals surface area (Å²) in [6.07, 6.45) is 0.880. The maximum absolute atomic E-state index is 13.4. The highest BCUT2D eigenvalue weighted by atomic mass is 16.5. The highest BCUT2D eigenvalue weighted by Crippen LogP contribution is 2.37. The Kier molecular flexibility index (Phi) is 7.84. The normalized spacial score (nSPS) is 17.5. The third-order valence-electron chi connectivity index (χ3n) is 9.13. The van der Waals surface area contributed by atoms with Crippen molar-refractivity contribution in [2.75, 3.05) is 49.7 Å². The number of imide groups is 1. The second-order valence-electron chi connectivity index (χ2n) is 11.8. The Bertz CT molecular complexity index is 1830. The van der Waals surface area contributed by atoms with Gasteiger partial charge in [-0.1, -0.05) is 36.4 Å². The average Bonchev–Trinajstić information content (AvgIpc) is 3.62. The first kappa shape index (κ1) is 29.4. The van der Waals surface area contributed by atoms with Gasteiger partial charge in [0.25, 0.3) is 5.91 Å². The van der Waals surface area contributed by atoms with E-state index in [-0.39, 0.29) is 36.2 Å². The van der Waals surface area contributed by atoms with Gasteiger partial charge in [-0.15, -0.1) is 0 Å². The zero-order valence-electron chi connectivity index (χ0n) is 25.5. The molecule has 2 aliphatic heterocycles. The molecule has 1 aliphatic carbocycles. The number of hydrogen-bond donors (Lipinski definition) is 0. The van der Waals surface area contributed by atoms with E-state index < -0.39 is 12.0 Å². The molecule has 9 heteroatoms. The van der Waals surface area contributed by atoms with Crippen LogP contribution in [0.4, 0.5) is 11.4 Å². The summed E-state index contributed by atoms with van der Waals surface area (Å²) in [7, 11) is 1.64. The summed E-state index contributed by atoms with van der Waals surface area (Å²) in [5.41, 5.74) is 6.84. The molecule has 232 valence electrons. The van der Waals surface area contributed by atoms with E-state index >= 15 is 0 Å². The van der Waals surface area contributed by atoms with Crippen LogP contribution in [0.2, 0.25) is 0 Å². The topological polar surface area (TPSA) is 96.5 Å². The molecular weight excluding hydrogens is 582 g/mol. The number of methoxy groups -OCH3 is 1. The van der Waals surface area contributed by atoms with Crippen LogP contribution in [-0.4, -0.2) is 74.4 Å². The van der Waals surface area contributed by atoms with Crippen molar-refractivity contribution in [2.45, 2.75) is 18.9 Å². The standard InChI is InChI=1S/C37H33N3O6/c1-45-30-13-11-28(12-14-30)38-16-18-39(19-17-38)33-22-35(42)40(36(33)43)29-9-6-24(7-10-29)37(44)46-23-34(41)26-8-15-32-27(21-26)20-25-4-2-3-5-31(25)32/h2-15,21,33H,16-20,22-23H2,1H3. The lowest BCUT2D eigenvalue weighted by atomic mass is 10.0. The van der Waals surface area contributed by atoms with E-state index in [4.69, 9.17) is 9.47 Å².